The molecule has 138 valence electrons. The highest BCUT2D eigenvalue weighted by molar-refractivity contribution is 7.89. The molecule has 0 radical (unpaired) electrons. The molecule has 0 saturated carbocycles. The van der Waals surface area contributed by atoms with Crippen LogP contribution in [0.2, 0.25) is 5.02 Å². The van der Waals surface area contributed by atoms with Gasteiger partial charge in [-0.3, -0.25) is 4.79 Å². The molecule has 2 aromatic carbocycles. The van der Waals surface area contributed by atoms with E-state index in [1.165, 1.54) is 30.3 Å². The van der Waals surface area contributed by atoms with Crippen LogP contribution in [0.4, 0.5) is 5.69 Å². The lowest BCUT2D eigenvalue weighted by Gasteiger charge is -2.09. The van der Waals surface area contributed by atoms with E-state index in [2.05, 4.69) is 16.6 Å². The summed E-state index contributed by atoms with van der Waals surface area (Å²) in [6.07, 6.45) is 1.45. The van der Waals surface area contributed by atoms with Gasteiger partial charge in [-0.15, -0.1) is 6.58 Å². The smallest absolute Gasteiger partial charge is 0.262 e. The molecule has 0 unspecified atom stereocenters. The van der Waals surface area contributed by atoms with Crippen LogP contribution < -0.4 is 14.8 Å². The number of halogens is 1. The van der Waals surface area contributed by atoms with Gasteiger partial charge in [0.2, 0.25) is 10.0 Å². The molecular formula is C18H19ClN2O4S. The van der Waals surface area contributed by atoms with Gasteiger partial charge in [0.1, 0.15) is 5.75 Å². The van der Waals surface area contributed by atoms with Gasteiger partial charge in [0.25, 0.3) is 5.91 Å². The van der Waals surface area contributed by atoms with Crippen molar-refractivity contribution in [2.75, 3.05) is 18.5 Å². The number of carbonyl (C=O) groups excluding carboxylic acids is 1. The summed E-state index contributed by atoms with van der Waals surface area (Å²) in [6.45, 7) is 5.26. The Morgan fingerprint density at radius 1 is 1.23 bits per heavy atom. The minimum absolute atomic E-state index is 0.102. The summed E-state index contributed by atoms with van der Waals surface area (Å²) < 4.78 is 31.7. The van der Waals surface area contributed by atoms with Gasteiger partial charge >= 0.3 is 0 Å². The van der Waals surface area contributed by atoms with E-state index in [0.29, 0.717) is 16.5 Å². The number of benzene rings is 2. The van der Waals surface area contributed by atoms with Crippen LogP contribution >= 0.6 is 11.6 Å². The summed E-state index contributed by atoms with van der Waals surface area (Å²) in [5.74, 6) is 0.176. The van der Waals surface area contributed by atoms with Crippen LogP contribution in [-0.2, 0) is 14.8 Å². The van der Waals surface area contributed by atoms with E-state index in [1.807, 2.05) is 6.92 Å². The molecule has 0 aliphatic rings. The SMILES string of the molecule is C=CCNS(=O)(=O)c1ccc(NC(=O)COc2ccc(Cl)c(C)c2)cc1. The van der Waals surface area contributed by atoms with Crippen LogP contribution in [0, 0.1) is 6.92 Å². The van der Waals surface area contributed by atoms with Gasteiger partial charge < -0.3 is 10.1 Å². The predicted molar refractivity (Wildman–Crippen MR) is 102 cm³/mol. The molecule has 0 atom stereocenters. The molecule has 1 amide bonds. The summed E-state index contributed by atoms with van der Waals surface area (Å²) in [5, 5.41) is 3.26. The standard InChI is InChI=1S/C18H19ClN2O4S/c1-3-10-20-26(23,24)16-7-4-14(5-8-16)21-18(22)12-25-15-6-9-17(19)13(2)11-15/h3-9,11,20H,1,10,12H2,2H3,(H,21,22). The second kappa shape index (κ2) is 8.84. The number of aryl methyl sites for hydroxylation is 1. The van der Waals surface area contributed by atoms with Crippen LogP contribution in [0.3, 0.4) is 0 Å². The number of hydrogen-bond donors (Lipinski definition) is 2. The van der Waals surface area contributed by atoms with Gasteiger partial charge in [0.15, 0.2) is 6.61 Å². The molecule has 0 aromatic heterocycles. The fourth-order valence-electron chi connectivity index (χ4n) is 2.02. The Morgan fingerprint density at radius 2 is 1.92 bits per heavy atom. The Kier molecular flexibility index (Phi) is 6.79. The normalized spacial score (nSPS) is 11.0. The molecule has 2 aromatic rings. The number of rotatable bonds is 8. The van der Waals surface area contributed by atoms with Gasteiger partial charge in [-0.25, -0.2) is 13.1 Å². The highest BCUT2D eigenvalue weighted by Crippen LogP contribution is 2.21. The zero-order valence-corrected chi connectivity index (χ0v) is 15.7. The summed E-state index contributed by atoms with van der Waals surface area (Å²) in [7, 11) is -3.59. The van der Waals surface area contributed by atoms with Gasteiger partial charge in [0.05, 0.1) is 4.90 Å². The molecule has 2 N–H and O–H groups in total. The van der Waals surface area contributed by atoms with E-state index < -0.39 is 10.0 Å². The topological polar surface area (TPSA) is 84.5 Å². The first-order valence-electron chi connectivity index (χ1n) is 7.71. The fourth-order valence-corrected chi connectivity index (χ4v) is 3.14. The maximum absolute atomic E-state index is 12.0. The van der Waals surface area contributed by atoms with Gasteiger partial charge in [-0.05, 0) is 55.0 Å². The molecule has 0 spiro atoms. The van der Waals surface area contributed by atoms with Crippen molar-refractivity contribution in [1.82, 2.24) is 4.72 Å². The Morgan fingerprint density at radius 3 is 2.54 bits per heavy atom. The van der Waals surface area contributed by atoms with Gasteiger partial charge in [-0.1, -0.05) is 17.7 Å². The first-order chi connectivity index (χ1) is 12.3. The number of carbonyl (C=O) groups is 1. The van der Waals surface area contributed by atoms with Crippen LogP contribution in [0.1, 0.15) is 5.56 Å². The Balaban J connectivity index is 1.92. The van der Waals surface area contributed by atoms with E-state index >= 15 is 0 Å². The van der Waals surface area contributed by atoms with E-state index in [1.54, 1.807) is 18.2 Å². The Bertz CT molecular complexity index is 896. The number of ether oxygens (including phenoxy) is 1. The first kappa shape index (κ1) is 20.0. The lowest BCUT2D eigenvalue weighted by Crippen LogP contribution is -2.23. The molecule has 0 saturated heterocycles. The lowest BCUT2D eigenvalue weighted by molar-refractivity contribution is -0.118. The third kappa shape index (κ3) is 5.59. The van der Waals surface area contributed by atoms with Crippen molar-refractivity contribution in [2.45, 2.75) is 11.8 Å². The van der Waals surface area contributed by atoms with Crippen molar-refractivity contribution in [1.29, 1.82) is 0 Å². The highest BCUT2D eigenvalue weighted by Gasteiger charge is 2.12. The largest absolute Gasteiger partial charge is 0.484 e. The van der Waals surface area contributed by atoms with E-state index in [-0.39, 0.29) is 24.0 Å². The van der Waals surface area contributed by atoms with Crippen LogP contribution in [-0.4, -0.2) is 27.5 Å². The van der Waals surface area contributed by atoms with Crippen LogP contribution in [0.25, 0.3) is 0 Å². The second-order valence-electron chi connectivity index (χ2n) is 5.41. The molecule has 0 aliphatic carbocycles. The van der Waals surface area contributed by atoms with Gasteiger partial charge in [-0.2, -0.15) is 0 Å². The van der Waals surface area contributed by atoms with Gasteiger partial charge in [0, 0.05) is 17.3 Å². The van der Waals surface area contributed by atoms with Crippen LogP contribution in [0.15, 0.2) is 60.0 Å². The fraction of sp³-hybridized carbons (Fsp3) is 0.167. The number of amides is 1. The zero-order valence-electron chi connectivity index (χ0n) is 14.2. The molecule has 0 heterocycles. The maximum atomic E-state index is 12.0. The third-order valence-electron chi connectivity index (χ3n) is 3.37. The van der Waals surface area contributed by atoms with Crippen molar-refractivity contribution in [2.24, 2.45) is 0 Å². The zero-order chi connectivity index (χ0) is 19.2. The quantitative estimate of drug-likeness (QED) is 0.673. The molecule has 2 rings (SSSR count). The predicted octanol–water partition coefficient (Wildman–Crippen LogP) is 3.13. The number of anilines is 1. The van der Waals surface area contributed by atoms with Crippen molar-refractivity contribution in [3.05, 3.63) is 65.7 Å². The highest BCUT2D eigenvalue weighted by atomic mass is 35.5. The van der Waals surface area contributed by atoms with Crippen molar-refractivity contribution in [3.8, 4) is 5.75 Å². The Hall–Kier alpha value is -2.35. The van der Waals surface area contributed by atoms with E-state index in [0.717, 1.165) is 5.56 Å². The maximum Gasteiger partial charge on any atom is 0.262 e. The molecule has 26 heavy (non-hydrogen) atoms. The monoisotopic (exact) mass is 394 g/mol. The molecule has 0 aliphatic heterocycles. The molecule has 8 heteroatoms. The first-order valence-corrected chi connectivity index (χ1v) is 9.57. The summed E-state index contributed by atoms with van der Waals surface area (Å²) in [4.78, 5) is 12.1. The summed E-state index contributed by atoms with van der Waals surface area (Å²) in [6, 6.07) is 10.9. The van der Waals surface area contributed by atoms with Crippen molar-refractivity contribution in [3.63, 3.8) is 0 Å². The molecule has 0 fully saturated rings. The second-order valence-corrected chi connectivity index (χ2v) is 7.59. The third-order valence-corrected chi connectivity index (χ3v) is 5.23. The van der Waals surface area contributed by atoms with Crippen molar-refractivity contribution >= 4 is 33.2 Å². The molecular weight excluding hydrogens is 376 g/mol. The van der Waals surface area contributed by atoms with Crippen molar-refractivity contribution < 1.29 is 17.9 Å². The number of sulfonamides is 1. The van der Waals surface area contributed by atoms with E-state index in [9.17, 15) is 13.2 Å². The summed E-state index contributed by atoms with van der Waals surface area (Å²) >= 11 is 5.94. The Labute approximate surface area is 157 Å². The number of nitrogens with one attached hydrogen (secondary N) is 2. The average Bonchev–Trinajstić information content (AvgIpc) is 2.61. The molecule has 6 nitrogen and oxygen atoms in total. The van der Waals surface area contributed by atoms with Crippen LogP contribution in [0.5, 0.6) is 5.75 Å². The minimum Gasteiger partial charge on any atom is -0.484 e. The molecule has 0 bridgehead atoms. The lowest BCUT2D eigenvalue weighted by atomic mass is 10.2. The summed E-state index contributed by atoms with van der Waals surface area (Å²) in [5.41, 5.74) is 1.32. The van der Waals surface area contributed by atoms with E-state index in [4.69, 9.17) is 16.3 Å². The number of hydrogen-bond acceptors (Lipinski definition) is 4. The average molecular weight is 395 g/mol. The minimum atomic E-state index is -3.59.